The minimum Gasteiger partial charge on any atom is -0.398 e. The molecule has 2 amide bonds. The number of likely N-dealkylation sites (tertiary alicyclic amines) is 1. The van der Waals surface area contributed by atoms with E-state index in [1.54, 1.807) is 11.0 Å². The van der Waals surface area contributed by atoms with Crippen molar-refractivity contribution in [1.29, 1.82) is 0 Å². The van der Waals surface area contributed by atoms with Gasteiger partial charge >= 0.3 is 0 Å². The monoisotopic (exact) mass is 289 g/mol. The molecule has 1 atom stereocenters. The average molecular weight is 289 g/mol. The highest BCUT2D eigenvalue weighted by Crippen LogP contribution is 2.24. The molecule has 114 valence electrons. The van der Waals surface area contributed by atoms with Gasteiger partial charge in [-0.3, -0.25) is 9.59 Å². The van der Waals surface area contributed by atoms with Crippen LogP contribution in [0.2, 0.25) is 0 Å². The molecule has 0 bridgehead atoms. The van der Waals surface area contributed by atoms with Crippen LogP contribution in [0.4, 0.5) is 11.4 Å². The van der Waals surface area contributed by atoms with Crippen LogP contribution in [0.15, 0.2) is 18.2 Å². The second-order valence-corrected chi connectivity index (χ2v) is 6.10. The lowest BCUT2D eigenvalue weighted by Crippen LogP contribution is -2.34. The first-order valence-electron chi connectivity index (χ1n) is 7.30. The second kappa shape index (κ2) is 6.16. The van der Waals surface area contributed by atoms with Gasteiger partial charge in [-0.15, -0.1) is 0 Å². The molecule has 1 aliphatic heterocycles. The Morgan fingerprint density at radius 3 is 2.76 bits per heavy atom. The Balaban J connectivity index is 1.93. The Morgan fingerprint density at radius 2 is 2.19 bits per heavy atom. The van der Waals surface area contributed by atoms with Gasteiger partial charge in [0, 0.05) is 24.3 Å². The number of carbonyl (C=O) groups is 2. The maximum absolute atomic E-state index is 12.0. The zero-order valence-corrected chi connectivity index (χ0v) is 12.8. The molecular weight excluding hydrogens is 266 g/mol. The Morgan fingerprint density at radius 1 is 1.48 bits per heavy atom. The molecule has 1 aromatic rings. The number of hydrogen-bond donors (Lipinski definition) is 2. The Hall–Kier alpha value is -2.04. The molecule has 1 fully saturated rings. The molecule has 2 rings (SSSR count). The Labute approximate surface area is 125 Å². The zero-order chi connectivity index (χ0) is 15.6. The molecule has 0 aliphatic carbocycles. The highest BCUT2D eigenvalue weighted by molar-refractivity contribution is 5.95. The second-order valence-electron chi connectivity index (χ2n) is 6.10. The first-order valence-corrected chi connectivity index (χ1v) is 7.30. The van der Waals surface area contributed by atoms with Gasteiger partial charge in [-0.25, -0.2) is 0 Å². The molecule has 1 heterocycles. The number of nitrogen functional groups attached to an aromatic ring is 1. The van der Waals surface area contributed by atoms with Crippen LogP contribution in [0.3, 0.4) is 0 Å². The first kappa shape index (κ1) is 15.4. The van der Waals surface area contributed by atoms with E-state index in [1.807, 2.05) is 19.1 Å². The van der Waals surface area contributed by atoms with E-state index >= 15 is 0 Å². The minimum absolute atomic E-state index is 0.0623. The van der Waals surface area contributed by atoms with Gasteiger partial charge < -0.3 is 16.0 Å². The van der Waals surface area contributed by atoms with Crippen molar-refractivity contribution in [3.63, 3.8) is 0 Å². The van der Waals surface area contributed by atoms with Gasteiger partial charge in [0.1, 0.15) is 0 Å². The molecule has 0 saturated carbocycles. The number of nitrogens with two attached hydrogens (primary N) is 1. The van der Waals surface area contributed by atoms with E-state index in [0.29, 0.717) is 36.2 Å². The summed E-state index contributed by atoms with van der Waals surface area (Å²) in [5.74, 6) is 0.683. The fourth-order valence-corrected chi connectivity index (χ4v) is 2.49. The standard InChI is InChI=1S/C16H23N3O2/c1-10(2)12-6-16(21)19(8-12)9-15(20)18-13-5-4-11(3)14(17)7-13/h4-5,7,10,12H,6,8-9,17H2,1-3H3,(H,18,20). The summed E-state index contributed by atoms with van der Waals surface area (Å²) < 4.78 is 0. The van der Waals surface area contributed by atoms with Crippen molar-refractivity contribution < 1.29 is 9.59 Å². The number of rotatable bonds is 4. The fraction of sp³-hybridized carbons (Fsp3) is 0.500. The molecular formula is C16H23N3O2. The van der Waals surface area contributed by atoms with Crippen molar-refractivity contribution in [2.24, 2.45) is 11.8 Å². The van der Waals surface area contributed by atoms with Crippen LogP contribution in [-0.4, -0.2) is 29.8 Å². The number of nitrogens with one attached hydrogen (secondary N) is 1. The molecule has 0 radical (unpaired) electrons. The molecule has 1 unspecified atom stereocenters. The van der Waals surface area contributed by atoms with Gasteiger partial charge in [0.25, 0.3) is 0 Å². The van der Waals surface area contributed by atoms with E-state index in [9.17, 15) is 9.59 Å². The summed E-state index contributed by atoms with van der Waals surface area (Å²) in [6.07, 6.45) is 0.544. The zero-order valence-electron chi connectivity index (χ0n) is 12.8. The summed E-state index contributed by atoms with van der Waals surface area (Å²) in [6.45, 7) is 6.90. The predicted molar refractivity (Wildman–Crippen MR) is 83.7 cm³/mol. The van der Waals surface area contributed by atoms with E-state index in [0.717, 1.165) is 5.56 Å². The first-order chi connectivity index (χ1) is 9.86. The largest absolute Gasteiger partial charge is 0.398 e. The number of aryl methyl sites for hydroxylation is 1. The van der Waals surface area contributed by atoms with Crippen molar-refractivity contribution in [3.05, 3.63) is 23.8 Å². The Bertz CT molecular complexity index is 554. The highest BCUT2D eigenvalue weighted by atomic mass is 16.2. The SMILES string of the molecule is Cc1ccc(NC(=O)CN2CC(C(C)C)CC2=O)cc1N. The van der Waals surface area contributed by atoms with Crippen LogP contribution in [0.1, 0.15) is 25.8 Å². The van der Waals surface area contributed by atoms with Gasteiger partial charge in [-0.05, 0) is 36.5 Å². The van der Waals surface area contributed by atoms with Crippen molar-refractivity contribution in [1.82, 2.24) is 4.90 Å². The third-order valence-electron chi connectivity index (χ3n) is 4.08. The molecule has 21 heavy (non-hydrogen) atoms. The quantitative estimate of drug-likeness (QED) is 0.833. The molecule has 5 heteroatoms. The smallest absolute Gasteiger partial charge is 0.243 e. The van der Waals surface area contributed by atoms with Crippen molar-refractivity contribution in [2.45, 2.75) is 27.2 Å². The number of amides is 2. The van der Waals surface area contributed by atoms with Gasteiger partial charge in [-0.1, -0.05) is 19.9 Å². The lowest BCUT2D eigenvalue weighted by Gasteiger charge is -2.17. The average Bonchev–Trinajstić information content (AvgIpc) is 2.76. The third kappa shape index (κ3) is 3.74. The van der Waals surface area contributed by atoms with Crippen LogP contribution in [-0.2, 0) is 9.59 Å². The van der Waals surface area contributed by atoms with Crippen molar-refractivity contribution in [3.8, 4) is 0 Å². The molecule has 1 saturated heterocycles. The number of hydrogen-bond acceptors (Lipinski definition) is 3. The Kier molecular flexibility index (Phi) is 4.50. The topological polar surface area (TPSA) is 75.4 Å². The van der Waals surface area contributed by atoms with E-state index in [4.69, 9.17) is 5.73 Å². The molecule has 0 aromatic heterocycles. The van der Waals surface area contributed by atoms with Crippen molar-refractivity contribution >= 4 is 23.2 Å². The van der Waals surface area contributed by atoms with Crippen LogP contribution in [0.25, 0.3) is 0 Å². The van der Waals surface area contributed by atoms with Gasteiger partial charge in [-0.2, -0.15) is 0 Å². The van der Waals surface area contributed by atoms with Crippen LogP contribution in [0.5, 0.6) is 0 Å². The summed E-state index contributed by atoms with van der Waals surface area (Å²) in [5, 5.41) is 2.79. The maximum Gasteiger partial charge on any atom is 0.243 e. The minimum atomic E-state index is -0.184. The lowest BCUT2D eigenvalue weighted by atomic mass is 9.95. The van der Waals surface area contributed by atoms with E-state index in [1.165, 1.54) is 0 Å². The number of anilines is 2. The van der Waals surface area contributed by atoms with E-state index < -0.39 is 0 Å². The van der Waals surface area contributed by atoms with E-state index in [2.05, 4.69) is 19.2 Å². The molecule has 3 N–H and O–H groups in total. The lowest BCUT2D eigenvalue weighted by molar-refractivity contribution is -0.131. The van der Waals surface area contributed by atoms with E-state index in [-0.39, 0.29) is 18.4 Å². The van der Waals surface area contributed by atoms with Gasteiger partial charge in [0.2, 0.25) is 11.8 Å². The van der Waals surface area contributed by atoms with Gasteiger partial charge in [0.05, 0.1) is 6.54 Å². The summed E-state index contributed by atoms with van der Waals surface area (Å²) in [4.78, 5) is 25.6. The fourth-order valence-electron chi connectivity index (χ4n) is 2.49. The van der Waals surface area contributed by atoms with Crippen LogP contribution in [0, 0.1) is 18.8 Å². The molecule has 1 aliphatic rings. The molecule has 5 nitrogen and oxygen atoms in total. The third-order valence-corrected chi connectivity index (χ3v) is 4.08. The summed E-state index contributed by atoms with van der Waals surface area (Å²) >= 11 is 0. The highest BCUT2D eigenvalue weighted by Gasteiger charge is 2.32. The van der Waals surface area contributed by atoms with Crippen LogP contribution >= 0.6 is 0 Å². The van der Waals surface area contributed by atoms with Crippen molar-refractivity contribution in [2.75, 3.05) is 24.1 Å². The number of nitrogens with zero attached hydrogens (tertiary/aromatic N) is 1. The van der Waals surface area contributed by atoms with Crippen LogP contribution < -0.4 is 11.1 Å². The summed E-state index contributed by atoms with van der Waals surface area (Å²) in [5.41, 5.74) is 8.10. The molecule has 1 aromatic carbocycles. The normalized spacial score (nSPS) is 18.4. The number of carbonyl (C=O) groups excluding carboxylic acids is 2. The predicted octanol–water partition coefficient (Wildman–Crippen LogP) is 2.02. The number of benzene rings is 1. The summed E-state index contributed by atoms with van der Waals surface area (Å²) in [6, 6.07) is 5.41. The van der Waals surface area contributed by atoms with Gasteiger partial charge in [0.15, 0.2) is 0 Å². The molecule has 0 spiro atoms. The summed E-state index contributed by atoms with van der Waals surface area (Å²) in [7, 11) is 0. The maximum atomic E-state index is 12.0.